The first kappa shape index (κ1) is 21.6. The van der Waals surface area contributed by atoms with E-state index >= 15 is 0 Å². The maximum absolute atomic E-state index is 13.0. The third-order valence-corrected chi connectivity index (χ3v) is 4.85. The van der Waals surface area contributed by atoms with Crippen molar-refractivity contribution >= 4 is 17.0 Å². The molecule has 0 unspecified atom stereocenters. The molecule has 0 bridgehead atoms. The molecular formula is C21H32F3N3. The van der Waals surface area contributed by atoms with E-state index in [0.29, 0.717) is 11.5 Å². The van der Waals surface area contributed by atoms with Gasteiger partial charge in [-0.1, -0.05) is 51.9 Å². The number of anilines is 1. The van der Waals surface area contributed by atoms with Gasteiger partial charge in [-0.3, -0.25) is 0 Å². The first-order valence-electron chi connectivity index (χ1n) is 10.2. The van der Waals surface area contributed by atoms with Gasteiger partial charge in [0, 0.05) is 12.6 Å². The molecule has 1 aromatic heterocycles. The zero-order valence-electron chi connectivity index (χ0n) is 16.7. The maximum atomic E-state index is 13.0. The fourth-order valence-electron chi connectivity index (χ4n) is 3.38. The number of imidazole rings is 1. The van der Waals surface area contributed by atoms with E-state index < -0.39 is 11.7 Å². The second-order valence-corrected chi connectivity index (χ2v) is 7.50. The Bertz CT molecular complexity index is 704. The predicted octanol–water partition coefficient (Wildman–Crippen LogP) is 7.19. The topological polar surface area (TPSA) is 29.9 Å². The number of halogens is 3. The third kappa shape index (κ3) is 6.15. The number of hydrogen-bond donors (Lipinski definition) is 1. The smallest absolute Gasteiger partial charge is 0.356 e. The fourth-order valence-corrected chi connectivity index (χ4v) is 3.38. The zero-order valence-corrected chi connectivity index (χ0v) is 16.7. The molecule has 1 aromatic carbocycles. The minimum absolute atomic E-state index is 0.118. The van der Waals surface area contributed by atoms with Crippen molar-refractivity contribution in [3.05, 3.63) is 23.8 Å². The molecule has 152 valence electrons. The molecule has 0 saturated carbocycles. The number of hydrogen-bond acceptors (Lipinski definition) is 2. The van der Waals surface area contributed by atoms with Crippen LogP contribution in [0.1, 0.15) is 83.7 Å². The molecular weight excluding hydrogens is 351 g/mol. The molecule has 0 fully saturated rings. The lowest BCUT2D eigenvalue weighted by Crippen LogP contribution is -2.10. The summed E-state index contributed by atoms with van der Waals surface area (Å²) >= 11 is 0. The highest BCUT2D eigenvalue weighted by atomic mass is 19.4. The largest absolute Gasteiger partial charge is 0.416 e. The van der Waals surface area contributed by atoms with Crippen LogP contribution in [0.15, 0.2) is 18.2 Å². The van der Waals surface area contributed by atoms with Crippen molar-refractivity contribution in [1.29, 1.82) is 0 Å². The van der Waals surface area contributed by atoms with Gasteiger partial charge < -0.3 is 9.88 Å². The van der Waals surface area contributed by atoms with Gasteiger partial charge in [0.1, 0.15) is 0 Å². The van der Waals surface area contributed by atoms with Gasteiger partial charge in [0.15, 0.2) is 0 Å². The molecule has 1 N–H and O–H groups in total. The first-order valence-corrected chi connectivity index (χ1v) is 10.2. The highest BCUT2D eigenvalue weighted by Gasteiger charge is 2.31. The summed E-state index contributed by atoms with van der Waals surface area (Å²) in [6.45, 7) is 7.04. The van der Waals surface area contributed by atoms with Crippen LogP contribution in [0.2, 0.25) is 0 Å². The van der Waals surface area contributed by atoms with Gasteiger partial charge in [0.05, 0.1) is 16.6 Å². The predicted molar refractivity (Wildman–Crippen MR) is 106 cm³/mol. The first-order chi connectivity index (χ1) is 12.8. The van der Waals surface area contributed by atoms with Crippen LogP contribution in [-0.4, -0.2) is 16.1 Å². The molecule has 0 aliphatic rings. The maximum Gasteiger partial charge on any atom is 0.416 e. The van der Waals surface area contributed by atoms with Crippen LogP contribution in [0.3, 0.4) is 0 Å². The number of benzene rings is 1. The number of fused-ring (bicyclic) bond motifs is 1. The third-order valence-electron chi connectivity index (χ3n) is 4.85. The summed E-state index contributed by atoms with van der Waals surface area (Å²) in [7, 11) is 0. The molecule has 3 nitrogen and oxygen atoms in total. The number of unbranched alkanes of at least 4 members (excludes halogenated alkanes) is 7. The van der Waals surface area contributed by atoms with E-state index in [4.69, 9.17) is 0 Å². The lowest BCUT2D eigenvalue weighted by atomic mass is 10.1. The molecule has 27 heavy (non-hydrogen) atoms. The number of rotatable bonds is 11. The van der Waals surface area contributed by atoms with Gasteiger partial charge in [-0.15, -0.1) is 0 Å². The number of nitrogens with zero attached hydrogens (tertiary/aromatic N) is 2. The quantitative estimate of drug-likeness (QED) is 0.416. The Morgan fingerprint density at radius 2 is 1.63 bits per heavy atom. The average Bonchev–Trinajstić information content (AvgIpc) is 2.97. The molecule has 2 aromatic rings. The summed E-state index contributed by atoms with van der Waals surface area (Å²) in [6.07, 6.45) is 5.61. The van der Waals surface area contributed by atoms with Crippen molar-refractivity contribution in [1.82, 2.24) is 9.55 Å². The minimum Gasteiger partial charge on any atom is -0.356 e. The molecule has 0 aliphatic carbocycles. The van der Waals surface area contributed by atoms with E-state index in [9.17, 15) is 13.2 Å². The van der Waals surface area contributed by atoms with Crippen LogP contribution >= 0.6 is 0 Å². The van der Waals surface area contributed by atoms with Crippen molar-refractivity contribution in [2.45, 2.75) is 84.4 Å². The van der Waals surface area contributed by atoms with Crippen molar-refractivity contribution in [2.24, 2.45) is 0 Å². The molecule has 0 aliphatic heterocycles. The van der Waals surface area contributed by atoms with Crippen LogP contribution < -0.4 is 5.32 Å². The van der Waals surface area contributed by atoms with Gasteiger partial charge >= 0.3 is 6.18 Å². The lowest BCUT2D eigenvalue weighted by molar-refractivity contribution is -0.137. The second-order valence-electron chi connectivity index (χ2n) is 7.50. The Balaban J connectivity index is 1.94. The van der Waals surface area contributed by atoms with Gasteiger partial charge in [0.2, 0.25) is 5.95 Å². The van der Waals surface area contributed by atoms with Crippen molar-refractivity contribution in [3.63, 3.8) is 0 Å². The summed E-state index contributed by atoms with van der Waals surface area (Å²) in [5.41, 5.74) is 0.464. The van der Waals surface area contributed by atoms with E-state index in [1.165, 1.54) is 51.0 Å². The number of aromatic nitrogens is 2. The summed E-state index contributed by atoms with van der Waals surface area (Å²) in [6, 6.07) is 3.90. The Kier molecular flexibility index (Phi) is 7.99. The van der Waals surface area contributed by atoms with E-state index in [1.54, 1.807) is 0 Å². The summed E-state index contributed by atoms with van der Waals surface area (Å²) in [4.78, 5) is 4.43. The standard InChI is InChI=1S/C21H32F3N3/c1-4-5-6-7-8-9-10-11-14-25-20-26-18-15-17(21(22,23)24)12-13-19(18)27(20)16(2)3/h12-13,15-16H,4-11,14H2,1-3H3,(H,25,26). The Hall–Kier alpha value is -1.72. The fraction of sp³-hybridized carbons (Fsp3) is 0.667. The van der Waals surface area contributed by atoms with E-state index in [2.05, 4.69) is 17.2 Å². The lowest BCUT2D eigenvalue weighted by Gasteiger charge is -2.14. The minimum atomic E-state index is -4.35. The molecule has 1 heterocycles. The van der Waals surface area contributed by atoms with Crippen molar-refractivity contribution in [3.8, 4) is 0 Å². The summed E-state index contributed by atoms with van der Waals surface area (Å²) < 4.78 is 40.8. The molecule has 0 saturated heterocycles. The van der Waals surface area contributed by atoms with Gasteiger partial charge in [-0.25, -0.2) is 4.98 Å². The van der Waals surface area contributed by atoms with Crippen LogP contribution in [0.4, 0.5) is 19.1 Å². The highest BCUT2D eigenvalue weighted by molar-refractivity contribution is 5.79. The normalized spacial score (nSPS) is 12.3. The van der Waals surface area contributed by atoms with Crippen molar-refractivity contribution < 1.29 is 13.2 Å². The molecule has 2 rings (SSSR count). The van der Waals surface area contributed by atoms with E-state index in [0.717, 1.165) is 30.6 Å². The second kappa shape index (κ2) is 10.00. The van der Waals surface area contributed by atoms with E-state index in [1.807, 2.05) is 18.4 Å². The molecule has 0 amide bonds. The summed E-state index contributed by atoms with van der Waals surface area (Å²) in [5.74, 6) is 0.655. The molecule has 0 atom stereocenters. The Morgan fingerprint density at radius 3 is 2.22 bits per heavy atom. The molecule has 0 radical (unpaired) electrons. The molecule has 6 heteroatoms. The van der Waals surface area contributed by atoms with Crippen molar-refractivity contribution in [2.75, 3.05) is 11.9 Å². The van der Waals surface area contributed by atoms with Crippen LogP contribution in [0.5, 0.6) is 0 Å². The number of nitrogens with one attached hydrogen (secondary N) is 1. The van der Waals surface area contributed by atoms with Gasteiger partial charge in [-0.05, 0) is 38.5 Å². The summed E-state index contributed by atoms with van der Waals surface area (Å²) in [5, 5.41) is 3.32. The van der Waals surface area contributed by atoms with E-state index in [-0.39, 0.29) is 6.04 Å². The molecule has 0 spiro atoms. The van der Waals surface area contributed by atoms with Crippen LogP contribution in [0.25, 0.3) is 11.0 Å². The van der Waals surface area contributed by atoms with Crippen LogP contribution in [-0.2, 0) is 6.18 Å². The highest BCUT2D eigenvalue weighted by Crippen LogP contribution is 2.33. The van der Waals surface area contributed by atoms with Crippen LogP contribution in [0, 0.1) is 0 Å². The zero-order chi connectivity index (χ0) is 19.9. The Labute approximate surface area is 160 Å². The average molecular weight is 384 g/mol. The van der Waals surface area contributed by atoms with Gasteiger partial charge in [-0.2, -0.15) is 13.2 Å². The number of alkyl halides is 3. The van der Waals surface area contributed by atoms with Gasteiger partial charge in [0.25, 0.3) is 0 Å². The monoisotopic (exact) mass is 383 g/mol. The Morgan fingerprint density at radius 1 is 1.00 bits per heavy atom. The SMILES string of the molecule is CCCCCCCCCCNc1nc2cc(C(F)(F)F)ccc2n1C(C)C.